The average molecular weight is 260 g/mol. The molecule has 98 valence electrons. The van der Waals surface area contributed by atoms with Crippen molar-refractivity contribution in [1.29, 1.82) is 10.5 Å². The smallest absolute Gasteiger partial charge is 0.0991 e. The largest absolute Gasteiger partial charge is 0.198 e. The Morgan fingerprint density at radius 1 is 0.900 bits per heavy atom. The first kappa shape index (κ1) is 13.8. The van der Waals surface area contributed by atoms with Crippen LogP contribution < -0.4 is 0 Å². The summed E-state index contributed by atoms with van der Waals surface area (Å²) in [5.41, 5.74) is 2.94. The van der Waals surface area contributed by atoms with Crippen molar-refractivity contribution in [3.8, 4) is 12.1 Å². The molecule has 0 amide bonds. The summed E-state index contributed by atoms with van der Waals surface area (Å²) in [6.45, 7) is 0. The molecular weight excluding hydrogens is 244 g/mol. The molecule has 0 fully saturated rings. The Bertz CT molecular complexity index is 615. The Balaban J connectivity index is 1.92. The Morgan fingerprint density at radius 3 is 2.20 bits per heavy atom. The summed E-state index contributed by atoms with van der Waals surface area (Å²) in [5, 5.41) is 18.1. The number of nitrogens with zero attached hydrogens (tertiary/aromatic N) is 2. The van der Waals surface area contributed by atoms with Crippen LogP contribution in [0.3, 0.4) is 0 Å². The van der Waals surface area contributed by atoms with Crippen molar-refractivity contribution in [3.05, 3.63) is 71.3 Å². The van der Waals surface area contributed by atoms with Gasteiger partial charge in [0.05, 0.1) is 23.6 Å². The van der Waals surface area contributed by atoms with Gasteiger partial charge < -0.3 is 0 Å². The molecule has 2 aromatic carbocycles. The fourth-order valence-electron chi connectivity index (χ4n) is 2.25. The van der Waals surface area contributed by atoms with Crippen LogP contribution in [0.15, 0.2) is 54.6 Å². The lowest BCUT2D eigenvalue weighted by Gasteiger charge is -2.09. The van der Waals surface area contributed by atoms with Gasteiger partial charge in [-0.25, -0.2) is 0 Å². The van der Waals surface area contributed by atoms with E-state index >= 15 is 0 Å². The number of aryl methyl sites for hydroxylation is 1. The highest BCUT2D eigenvalue weighted by atomic mass is 14.3. The van der Waals surface area contributed by atoms with Gasteiger partial charge in [0, 0.05) is 0 Å². The Morgan fingerprint density at radius 2 is 1.60 bits per heavy atom. The Labute approximate surface area is 119 Å². The molecule has 2 heteroatoms. The second-order valence-corrected chi connectivity index (χ2v) is 4.79. The standard InChI is InChI=1S/C18H16N2/c19-13-16-9-11-17(12-10-16)18(14-20)8-4-7-15-5-2-1-3-6-15/h1-3,5-6,9-12,18H,4,7-8H2. The van der Waals surface area contributed by atoms with Crippen molar-refractivity contribution in [3.63, 3.8) is 0 Å². The van der Waals surface area contributed by atoms with E-state index in [1.807, 2.05) is 30.3 Å². The minimum absolute atomic E-state index is 0.0912. The second kappa shape index (κ2) is 7.12. The van der Waals surface area contributed by atoms with E-state index in [0.717, 1.165) is 24.8 Å². The first-order chi connectivity index (χ1) is 9.83. The van der Waals surface area contributed by atoms with Crippen molar-refractivity contribution in [2.75, 3.05) is 0 Å². The Hall–Kier alpha value is -2.58. The van der Waals surface area contributed by atoms with Crippen LogP contribution in [-0.4, -0.2) is 0 Å². The van der Waals surface area contributed by atoms with Crippen LogP contribution >= 0.6 is 0 Å². The predicted molar refractivity (Wildman–Crippen MR) is 78.9 cm³/mol. The predicted octanol–water partition coefficient (Wildman–Crippen LogP) is 4.19. The third-order valence-electron chi connectivity index (χ3n) is 3.40. The van der Waals surface area contributed by atoms with Crippen molar-refractivity contribution >= 4 is 0 Å². The quantitative estimate of drug-likeness (QED) is 0.809. The average Bonchev–Trinajstić information content (AvgIpc) is 2.53. The normalized spacial score (nSPS) is 11.3. The fourth-order valence-corrected chi connectivity index (χ4v) is 2.25. The molecule has 0 saturated heterocycles. The van der Waals surface area contributed by atoms with E-state index in [-0.39, 0.29) is 5.92 Å². The molecule has 0 aromatic heterocycles. The minimum Gasteiger partial charge on any atom is -0.198 e. The zero-order valence-corrected chi connectivity index (χ0v) is 11.3. The van der Waals surface area contributed by atoms with Gasteiger partial charge in [0.1, 0.15) is 0 Å². The van der Waals surface area contributed by atoms with Gasteiger partial charge in [-0.2, -0.15) is 10.5 Å². The third kappa shape index (κ3) is 3.70. The summed E-state index contributed by atoms with van der Waals surface area (Å²) >= 11 is 0. The summed E-state index contributed by atoms with van der Waals surface area (Å²) in [6.07, 6.45) is 2.83. The van der Waals surface area contributed by atoms with Crippen molar-refractivity contribution in [1.82, 2.24) is 0 Å². The molecule has 2 rings (SSSR count). The highest BCUT2D eigenvalue weighted by molar-refractivity contribution is 5.34. The lowest BCUT2D eigenvalue weighted by Crippen LogP contribution is -1.97. The highest BCUT2D eigenvalue weighted by Gasteiger charge is 2.10. The molecule has 0 aliphatic heterocycles. The van der Waals surface area contributed by atoms with Crippen LogP contribution in [0.4, 0.5) is 0 Å². The van der Waals surface area contributed by atoms with Crippen molar-refractivity contribution < 1.29 is 0 Å². The number of nitriles is 2. The Kier molecular flexibility index (Phi) is 4.93. The second-order valence-electron chi connectivity index (χ2n) is 4.79. The van der Waals surface area contributed by atoms with E-state index in [4.69, 9.17) is 5.26 Å². The summed E-state index contributed by atoms with van der Waals surface area (Å²) in [4.78, 5) is 0. The van der Waals surface area contributed by atoms with Crippen molar-refractivity contribution in [2.24, 2.45) is 0 Å². The van der Waals surface area contributed by atoms with Crippen LogP contribution in [0.25, 0.3) is 0 Å². The molecule has 0 aliphatic rings. The van der Waals surface area contributed by atoms with Gasteiger partial charge in [0.15, 0.2) is 0 Å². The first-order valence-corrected chi connectivity index (χ1v) is 6.77. The maximum atomic E-state index is 9.29. The molecule has 20 heavy (non-hydrogen) atoms. The van der Waals surface area contributed by atoms with Gasteiger partial charge in [-0.15, -0.1) is 0 Å². The van der Waals surface area contributed by atoms with Gasteiger partial charge in [-0.1, -0.05) is 42.5 Å². The molecule has 2 nitrogen and oxygen atoms in total. The van der Waals surface area contributed by atoms with E-state index in [0.29, 0.717) is 5.56 Å². The molecule has 2 aromatic rings. The molecule has 1 unspecified atom stereocenters. The van der Waals surface area contributed by atoms with Crippen LogP contribution in [0.2, 0.25) is 0 Å². The molecule has 0 heterocycles. The number of benzene rings is 2. The third-order valence-corrected chi connectivity index (χ3v) is 3.40. The monoisotopic (exact) mass is 260 g/mol. The molecular formula is C18H16N2. The summed E-state index contributed by atoms with van der Waals surface area (Å²) in [5.74, 6) is -0.0912. The van der Waals surface area contributed by atoms with Gasteiger partial charge in [-0.05, 0) is 42.5 Å². The van der Waals surface area contributed by atoms with Crippen LogP contribution in [0.5, 0.6) is 0 Å². The zero-order valence-electron chi connectivity index (χ0n) is 11.3. The molecule has 0 bridgehead atoms. The summed E-state index contributed by atoms with van der Waals surface area (Å²) in [7, 11) is 0. The van der Waals surface area contributed by atoms with E-state index < -0.39 is 0 Å². The molecule has 0 N–H and O–H groups in total. The molecule has 0 aliphatic carbocycles. The van der Waals surface area contributed by atoms with Crippen LogP contribution in [0, 0.1) is 22.7 Å². The maximum Gasteiger partial charge on any atom is 0.0991 e. The fraction of sp³-hybridized carbons (Fsp3) is 0.222. The maximum absolute atomic E-state index is 9.29. The van der Waals surface area contributed by atoms with Crippen molar-refractivity contribution in [2.45, 2.75) is 25.2 Å². The summed E-state index contributed by atoms with van der Waals surface area (Å²) < 4.78 is 0. The van der Waals surface area contributed by atoms with Gasteiger partial charge in [0.25, 0.3) is 0 Å². The number of hydrogen-bond acceptors (Lipinski definition) is 2. The molecule has 0 saturated carbocycles. The SMILES string of the molecule is N#Cc1ccc(C(C#N)CCCc2ccccc2)cc1. The molecule has 0 radical (unpaired) electrons. The van der Waals surface area contributed by atoms with Crippen LogP contribution in [-0.2, 0) is 6.42 Å². The van der Waals surface area contributed by atoms with Gasteiger partial charge in [-0.3, -0.25) is 0 Å². The molecule has 0 spiro atoms. The topological polar surface area (TPSA) is 47.6 Å². The van der Waals surface area contributed by atoms with E-state index in [2.05, 4.69) is 24.3 Å². The number of hydrogen-bond donors (Lipinski definition) is 0. The number of rotatable bonds is 5. The van der Waals surface area contributed by atoms with Gasteiger partial charge >= 0.3 is 0 Å². The highest BCUT2D eigenvalue weighted by Crippen LogP contribution is 2.22. The van der Waals surface area contributed by atoms with Gasteiger partial charge in [0.2, 0.25) is 0 Å². The van der Waals surface area contributed by atoms with Crippen LogP contribution in [0.1, 0.15) is 35.4 Å². The van der Waals surface area contributed by atoms with E-state index in [9.17, 15) is 5.26 Å². The molecule has 1 atom stereocenters. The lowest BCUT2D eigenvalue weighted by molar-refractivity contribution is 0.684. The lowest BCUT2D eigenvalue weighted by atomic mass is 9.93. The minimum atomic E-state index is -0.0912. The first-order valence-electron chi connectivity index (χ1n) is 6.77. The zero-order chi connectivity index (χ0) is 14.2. The van der Waals surface area contributed by atoms with E-state index in [1.54, 1.807) is 12.1 Å². The summed E-state index contributed by atoms with van der Waals surface area (Å²) in [6, 6.07) is 22.1. The van der Waals surface area contributed by atoms with E-state index in [1.165, 1.54) is 5.56 Å².